The minimum Gasteiger partial charge on any atom is -0.493 e. The van der Waals surface area contributed by atoms with Gasteiger partial charge in [0.05, 0.1) is 20.3 Å². The van der Waals surface area contributed by atoms with Crippen LogP contribution in [0.1, 0.15) is 25.0 Å². The van der Waals surface area contributed by atoms with Gasteiger partial charge in [0.2, 0.25) is 0 Å². The van der Waals surface area contributed by atoms with Gasteiger partial charge < -0.3 is 19.5 Å². The average molecular weight is 329 g/mol. The van der Waals surface area contributed by atoms with Gasteiger partial charge in [-0.05, 0) is 62.2 Å². The Kier molecular flexibility index (Phi) is 6.94. The zero-order valence-corrected chi connectivity index (χ0v) is 15.0. The van der Waals surface area contributed by atoms with Gasteiger partial charge in [0, 0.05) is 6.54 Å². The van der Waals surface area contributed by atoms with E-state index in [2.05, 4.69) is 23.5 Å². The molecule has 130 valence electrons. The molecule has 0 bridgehead atoms. The number of ether oxygens (including phenoxy) is 3. The third-order valence-corrected chi connectivity index (χ3v) is 3.66. The molecule has 4 heteroatoms. The summed E-state index contributed by atoms with van der Waals surface area (Å²) >= 11 is 0. The van der Waals surface area contributed by atoms with E-state index in [1.54, 1.807) is 14.2 Å². The molecule has 4 nitrogen and oxygen atoms in total. The Morgan fingerprint density at radius 1 is 0.875 bits per heavy atom. The largest absolute Gasteiger partial charge is 0.493 e. The molecule has 0 spiro atoms. The second kappa shape index (κ2) is 9.18. The minimum absolute atomic E-state index is 0.204. The van der Waals surface area contributed by atoms with Crippen LogP contribution in [0.5, 0.6) is 17.2 Å². The first-order valence-electron chi connectivity index (χ1n) is 8.29. The maximum atomic E-state index is 5.65. The molecule has 0 unspecified atom stereocenters. The van der Waals surface area contributed by atoms with E-state index in [1.165, 1.54) is 11.1 Å². The molecule has 0 amide bonds. The van der Waals surface area contributed by atoms with E-state index in [1.807, 2.05) is 38.1 Å². The highest BCUT2D eigenvalue weighted by Crippen LogP contribution is 2.27. The first-order chi connectivity index (χ1) is 11.6. The van der Waals surface area contributed by atoms with Gasteiger partial charge in [0.1, 0.15) is 5.75 Å². The Labute approximate surface area is 144 Å². The Bertz CT molecular complexity index is 623. The van der Waals surface area contributed by atoms with E-state index in [-0.39, 0.29) is 6.10 Å². The van der Waals surface area contributed by atoms with Crippen LogP contribution in [0, 0.1) is 0 Å². The highest BCUT2D eigenvalue weighted by molar-refractivity contribution is 5.42. The molecular formula is C20H27NO3. The van der Waals surface area contributed by atoms with Gasteiger partial charge in [0.15, 0.2) is 11.5 Å². The lowest BCUT2D eigenvalue weighted by atomic mass is 10.1. The maximum Gasteiger partial charge on any atom is 0.160 e. The molecule has 0 fully saturated rings. The lowest BCUT2D eigenvalue weighted by Gasteiger charge is -2.11. The molecule has 0 saturated carbocycles. The summed E-state index contributed by atoms with van der Waals surface area (Å²) in [5.41, 5.74) is 2.47. The summed E-state index contributed by atoms with van der Waals surface area (Å²) in [6, 6.07) is 14.3. The summed E-state index contributed by atoms with van der Waals surface area (Å²) in [7, 11) is 3.31. The van der Waals surface area contributed by atoms with Crippen molar-refractivity contribution >= 4 is 0 Å². The number of hydrogen-bond acceptors (Lipinski definition) is 4. The SMILES string of the molecule is COc1ccc(CCNCc2ccc(OC(C)C)cc2)cc1OC. The lowest BCUT2D eigenvalue weighted by molar-refractivity contribution is 0.242. The predicted molar refractivity (Wildman–Crippen MR) is 97.2 cm³/mol. The third-order valence-electron chi connectivity index (χ3n) is 3.66. The second-order valence-electron chi connectivity index (χ2n) is 5.93. The third kappa shape index (κ3) is 5.46. The summed E-state index contributed by atoms with van der Waals surface area (Å²) in [5, 5.41) is 3.46. The summed E-state index contributed by atoms with van der Waals surface area (Å²) in [5.74, 6) is 2.45. The Balaban J connectivity index is 1.78. The Hall–Kier alpha value is -2.20. The van der Waals surface area contributed by atoms with Crippen molar-refractivity contribution < 1.29 is 14.2 Å². The summed E-state index contributed by atoms with van der Waals surface area (Å²) in [6.45, 7) is 5.81. The number of methoxy groups -OCH3 is 2. The van der Waals surface area contributed by atoms with Crippen LogP contribution in [-0.2, 0) is 13.0 Å². The molecular weight excluding hydrogens is 302 g/mol. The topological polar surface area (TPSA) is 39.7 Å². The second-order valence-corrected chi connectivity index (χ2v) is 5.93. The van der Waals surface area contributed by atoms with Gasteiger partial charge in [-0.25, -0.2) is 0 Å². The molecule has 0 heterocycles. The zero-order chi connectivity index (χ0) is 17.4. The molecule has 0 saturated heterocycles. The summed E-state index contributed by atoms with van der Waals surface area (Å²) < 4.78 is 16.2. The van der Waals surface area contributed by atoms with E-state index in [4.69, 9.17) is 14.2 Å². The van der Waals surface area contributed by atoms with Gasteiger partial charge in [0.25, 0.3) is 0 Å². The van der Waals surface area contributed by atoms with E-state index < -0.39 is 0 Å². The first kappa shape index (κ1) is 18.1. The van der Waals surface area contributed by atoms with E-state index in [0.717, 1.165) is 36.8 Å². The molecule has 24 heavy (non-hydrogen) atoms. The molecule has 0 aliphatic carbocycles. The Morgan fingerprint density at radius 3 is 2.17 bits per heavy atom. The van der Waals surface area contributed by atoms with Crippen LogP contribution in [0.4, 0.5) is 0 Å². The molecule has 2 aromatic carbocycles. The van der Waals surface area contributed by atoms with Gasteiger partial charge >= 0.3 is 0 Å². The van der Waals surface area contributed by atoms with Crippen LogP contribution in [-0.4, -0.2) is 26.9 Å². The molecule has 0 atom stereocenters. The van der Waals surface area contributed by atoms with Crippen LogP contribution in [0.3, 0.4) is 0 Å². The number of hydrogen-bond donors (Lipinski definition) is 1. The lowest BCUT2D eigenvalue weighted by Crippen LogP contribution is -2.16. The molecule has 0 aromatic heterocycles. The fourth-order valence-electron chi connectivity index (χ4n) is 2.46. The first-order valence-corrected chi connectivity index (χ1v) is 8.29. The van der Waals surface area contributed by atoms with Crippen LogP contribution in [0.25, 0.3) is 0 Å². The van der Waals surface area contributed by atoms with Crippen molar-refractivity contribution in [2.75, 3.05) is 20.8 Å². The number of benzene rings is 2. The van der Waals surface area contributed by atoms with Crippen molar-refractivity contribution in [3.8, 4) is 17.2 Å². The summed E-state index contributed by atoms with van der Waals surface area (Å²) in [4.78, 5) is 0. The van der Waals surface area contributed by atoms with Crippen LogP contribution >= 0.6 is 0 Å². The van der Waals surface area contributed by atoms with Crippen molar-refractivity contribution in [3.63, 3.8) is 0 Å². The van der Waals surface area contributed by atoms with Crippen LogP contribution in [0.15, 0.2) is 42.5 Å². The maximum absolute atomic E-state index is 5.65. The van der Waals surface area contributed by atoms with Gasteiger partial charge in [-0.1, -0.05) is 18.2 Å². The number of nitrogens with one attached hydrogen (secondary N) is 1. The molecule has 0 aliphatic heterocycles. The van der Waals surface area contributed by atoms with Gasteiger partial charge in [-0.2, -0.15) is 0 Å². The summed E-state index contributed by atoms with van der Waals surface area (Å²) in [6.07, 6.45) is 1.14. The zero-order valence-electron chi connectivity index (χ0n) is 15.0. The fourth-order valence-corrected chi connectivity index (χ4v) is 2.46. The van der Waals surface area contributed by atoms with Crippen molar-refractivity contribution in [2.45, 2.75) is 32.9 Å². The number of rotatable bonds is 9. The molecule has 0 radical (unpaired) electrons. The fraction of sp³-hybridized carbons (Fsp3) is 0.400. The highest BCUT2D eigenvalue weighted by atomic mass is 16.5. The standard InChI is InChI=1S/C20H27NO3/c1-15(2)24-18-8-5-17(6-9-18)14-21-12-11-16-7-10-19(22-3)20(13-16)23-4/h5-10,13,15,21H,11-12,14H2,1-4H3. The molecule has 2 rings (SSSR count). The normalized spacial score (nSPS) is 10.7. The van der Waals surface area contributed by atoms with Gasteiger partial charge in [-0.3, -0.25) is 0 Å². The molecule has 1 N–H and O–H groups in total. The van der Waals surface area contributed by atoms with Crippen LogP contribution < -0.4 is 19.5 Å². The van der Waals surface area contributed by atoms with Crippen LogP contribution in [0.2, 0.25) is 0 Å². The van der Waals surface area contributed by atoms with Crippen molar-refractivity contribution in [1.82, 2.24) is 5.32 Å². The average Bonchev–Trinajstić information content (AvgIpc) is 2.59. The van der Waals surface area contributed by atoms with E-state index in [9.17, 15) is 0 Å². The van der Waals surface area contributed by atoms with Crippen molar-refractivity contribution in [2.24, 2.45) is 0 Å². The molecule has 0 aliphatic rings. The minimum atomic E-state index is 0.204. The smallest absolute Gasteiger partial charge is 0.160 e. The predicted octanol–water partition coefficient (Wildman–Crippen LogP) is 3.82. The quantitative estimate of drug-likeness (QED) is 0.710. The Morgan fingerprint density at radius 2 is 1.54 bits per heavy atom. The van der Waals surface area contributed by atoms with Crippen molar-refractivity contribution in [3.05, 3.63) is 53.6 Å². The molecule has 2 aromatic rings. The van der Waals surface area contributed by atoms with E-state index in [0.29, 0.717) is 0 Å². The highest BCUT2D eigenvalue weighted by Gasteiger charge is 2.04. The van der Waals surface area contributed by atoms with E-state index >= 15 is 0 Å². The van der Waals surface area contributed by atoms with Crippen molar-refractivity contribution in [1.29, 1.82) is 0 Å². The monoisotopic (exact) mass is 329 g/mol. The van der Waals surface area contributed by atoms with Gasteiger partial charge in [-0.15, -0.1) is 0 Å².